The largest absolute Gasteiger partial charge is 0.335 e. The monoisotopic (exact) mass is 346 g/mol. The number of nitrogens with zero attached hydrogens (tertiary/aromatic N) is 1. The fourth-order valence-corrected chi connectivity index (χ4v) is 4.19. The number of nitrogens with one attached hydrogen (secondary N) is 1. The van der Waals surface area contributed by atoms with Crippen molar-refractivity contribution in [3.8, 4) is 0 Å². The molecule has 0 aliphatic carbocycles. The summed E-state index contributed by atoms with van der Waals surface area (Å²) in [6.45, 7) is 2.52. The van der Waals surface area contributed by atoms with Crippen LogP contribution < -0.4 is 5.32 Å². The predicted octanol–water partition coefficient (Wildman–Crippen LogP) is 2.21. The van der Waals surface area contributed by atoms with Gasteiger partial charge in [0, 0.05) is 19.1 Å². The molecule has 5 nitrogen and oxygen atoms in total. The zero-order valence-electron chi connectivity index (χ0n) is 13.7. The van der Waals surface area contributed by atoms with Crippen LogP contribution in [0.3, 0.4) is 0 Å². The molecule has 3 rings (SSSR count). The summed E-state index contributed by atoms with van der Waals surface area (Å²) < 4.78 is 22.9. The minimum Gasteiger partial charge on any atom is -0.335 e. The van der Waals surface area contributed by atoms with Gasteiger partial charge in [-0.2, -0.15) is 0 Å². The molecule has 0 aromatic heterocycles. The Morgan fingerprint density at radius 3 is 2.50 bits per heavy atom. The maximum atomic E-state index is 12.2. The van der Waals surface area contributed by atoms with Crippen LogP contribution in [0.15, 0.2) is 42.5 Å². The SMILES string of the molecule is C[C@H](Cc1ccc2ccccc2c1)NC(=O)N1CCS(=O)(=O)CC1. The molecule has 0 saturated carbocycles. The third kappa shape index (κ3) is 4.06. The highest BCUT2D eigenvalue weighted by molar-refractivity contribution is 7.91. The summed E-state index contributed by atoms with van der Waals surface area (Å²) in [6.07, 6.45) is 0.739. The van der Waals surface area contributed by atoms with E-state index in [0.29, 0.717) is 0 Å². The van der Waals surface area contributed by atoms with Crippen molar-refractivity contribution in [1.29, 1.82) is 0 Å². The van der Waals surface area contributed by atoms with Gasteiger partial charge < -0.3 is 10.2 Å². The van der Waals surface area contributed by atoms with Crippen molar-refractivity contribution in [1.82, 2.24) is 10.2 Å². The lowest BCUT2D eigenvalue weighted by Crippen LogP contribution is -2.50. The zero-order chi connectivity index (χ0) is 17.2. The molecular weight excluding hydrogens is 324 g/mol. The van der Waals surface area contributed by atoms with Crippen LogP contribution in [-0.2, 0) is 16.3 Å². The van der Waals surface area contributed by atoms with E-state index in [2.05, 4.69) is 35.6 Å². The summed E-state index contributed by atoms with van der Waals surface area (Å²) in [7, 11) is -2.97. The Bertz CT molecular complexity index is 834. The summed E-state index contributed by atoms with van der Waals surface area (Å²) in [5.74, 6) is 0.110. The standard InChI is InChI=1S/C18H22N2O3S/c1-14(19-18(21)20-8-10-24(22,23)11-9-20)12-15-6-7-16-4-2-3-5-17(16)13-15/h2-7,13-14H,8-12H2,1H3,(H,19,21)/t14-/m1/s1. The third-order valence-corrected chi connectivity index (χ3v) is 5.97. The highest BCUT2D eigenvalue weighted by Gasteiger charge is 2.25. The van der Waals surface area contributed by atoms with Crippen molar-refractivity contribution in [2.45, 2.75) is 19.4 Å². The van der Waals surface area contributed by atoms with Crippen molar-refractivity contribution < 1.29 is 13.2 Å². The van der Waals surface area contributed by atoms with Gasteiger partial charge in [-0.3, -0.25) is 0 Å². The third-order valence-electron chi connectivity index (χ3n) is 4.36. The summed E-state index contributed by atoms with van der Waals surface area (Å²) in [5.41, 5.74) is 1.17. The Kier molecular flexibility index (Phi) is 4.76. The molecule has 24 heavy (non-hydrogen) atoms. The number of hydrogen-bond acceptors (Lipinski definition) is 3. The van der Waals surface area contributed by atoms with Crippen LogP contribution in [0.2, 0.25) is 0 Å². The van der Waals surface area contributed by atoms with Crippen LogP contribution in [-0.4, -0.2) is 50.0 Å². The van der Waals surface area contributed by atoms with E-state index in [1.807, 2.05) is 19.1 Å². The Labute approximate surface area is 142 Å². The van der Waals surface area contributed by atoms with Crippen molar-refractivity contribution in [2.24, 2.45) is 0 Å². The smallest absolute Gasteiger partial charge is 0.317 e. The van der Waals surface area contributed by atoms with Gasteiger partial charge in [0.1, 0.15) is 0 Å². The van der Waals surface area contributed by atoms with Gasteiger partial charge in [-0.15, -0.1) is 0 Å². The van der Waals surface area contributed by atoms with Gasteiger partial charge >= 0.3 is 6.03 Å². The van der Waals surface area contributed by atoms with Crippen LogP contribution in [0.1, 0.15) is 12.5 Å². The van der Waals surface area contributed by atoms with E-state index >= 15 is 0 Å². The Hall–Kier alpha value is -2.08. The quantitative estimate of drug-likeness (QED) is 0.927. The lowest BCUT2D eigenvalue weighted by atomic mass is 10.0. The van der Waals surface area contributed by atoms with E-state index in [9.17, 15) is 13.2 Å². The zero-order valence-corrected chi connectivity index (χ0v) is 14.6. The fourth-order valence-electron chi connectivity index (χ4n) is 2.99. The van der Waals surface area contributed by atoms with Crippen LogP contribution in [0.5, 0.6) is 0 Å². The molecular formula is C18H22N2O3S. The number of carbonyl (C=O) groups is 1. The number of benzene rings is 2. The summed E-state index contributed by atoms with van der Waals surface area (Å²) >= 11 is 0. The molecule has 1 atom stereocenters. The van der Waals surface area contributed by atoms with E-state index < -0.39 is 9.84 Å². The average molecular weight is 346 g/mol. The van der Waals surface area contributed by atoms with Crippen molar-refractivity contribution in [2.75, 3.05) is 24.6 Å². The molecule has 1 heterocycles. The molecule has 0 radical (unpaired) electrons. The second-order valence-electron chi connectivity index (χ2n) is 6.38. The van der Waals surface area contributed by atoms with Gasteiger partial charge in [0.05, 0.1) is 11.5 Å². The lowest BCUT2D eigenvalue weighted by Gasteiger charge is -2.28. The normalized spacial score (nSPS) is 18.3. The van der Waals surface area contributed by atoms with Crippen LogP contribution in [0.25, 0.3) is 10.8 Å². The first kappa shape index (κ1) is 16.8. The molecule has 6 heteroatoms. The van der Waals surface area contributed by atoms with Crippen LogP contribution in [0.4, 0.5) is 4.79 Å². The summed E-state index contributed by atoms with van der Waals surface area (Å²) in [4.78, 5) is 13.8. The molecule has 0 spiro atoms. The van der Waals surface area contributed by atoms with Gasteiger partial charge in [-0.25, -0.2) is 13.2 Å². The maximum Gasteiger partial charge on any atom is 0.317 e. The molecule has 1 aliphatic heterocycles. The first-order chi connectivity index (χ1) is 11.4. The number of sulfone groups is 1. The van der Waals surface area contributed by atoms with E-state index in [-0.39, 0.29) is 36.7 Å². The summed E-state index contributed by atoms with van der Waals surface area (Å²) in [5, 5.41) is 5.36. The number of carbonyl (C=O) groups excluding carboxylic acids is 1. The maximum absolute atomic E-state index is 12.2. The van der Waals surface area contributed by atoms with Crippen molar-refractivity contribution in [3.63, 3.8) is 0 Å². The lowest BCUT2D eigenvalue weighted by molar-refractivity contribution is 0.199. The van der Waals surface area contributed by atoms with E-state index in [4.69, 9.17) is 0 Å². The molecule has 2 aromatic rings. The van der Waals surface area contributed by atoms with Gasteiger partial charge in [0.15, 0.2) is 9.84 Å². The number of hydrogen-bond donors (Lipinski definition) is 1. The Morgan fingerprint density at radius 1 is 1.12 bits per heavy atom. The Balaban J connectivity index is 1.58. The molecule has 1 fully saturated rings. The topological polar surface area (TPSA) is 66.5 Å². The Morgan fingerprint density at radius 2 is 1.79 bits per heavy atom. The second-order valence-corrected chi connectivity index (χ2v) is 8.68. The van der Waals surface area contributed by atoms with Gasteiger partial charge in [-0.05, 0) is 29.7 Å². The van der Waals surface area contributed by atoms with Crippen LogP contribution >= 0.6 is 0 Å². The number of fused-ring (bicyclic) bond motifs is 1. The first-order valence-corrected chi connectivity index (χ1v) is 9.99. The van der Waals surface area contributed by atoms with Gasteiger partial charge in [0.25, 0.3) is 0 Å². The molecule has 1 saturated heterocycles. The van der Waals surface area contributed by atoms with Crippen molar-refractivity contribution in [3.05, 3.63) is 48.0 Å². The molecule has 128 valence electrons. The highest BCUT2D eigenvalue weighted by atomic mass is 32.2. The van der Waals surface area contributed by atoms with E-state index in [1.165, 1.54) is 16.3 Å². The minimum atomic E-state index is -2.97. The fraction of sp³-hybridized carbons (Fsp3) is 0.389. The molecule has 1 N–H and O–H groups in total. The predicted molar refractivity (Wildman–Crippen MR) is 95.9 cm³/mol. The van der Waals surface area contributed by atoms with E-state index in [1.54, 1.807) is 4.90 Å². The second kappa shape index (κ2) is 6.81. The highest BCUT2D eigenvalue weighted by Crippen LogP contribution is 2.16. The molecule has 2 amide bonds. The molecule has 0 unspecified atom stereocenters. The van der Waals surface area contributed by atoms with Crippen LogP contribution in [0, 0.1) is 0 Å². The molecule has 1 aliphatic rings. The first-order valence-electron chi connectivity index (χ1n) is 8.16. The van der Waals surface area contributed by atoms with Gasteiger partial charge in [0.2, 0.25) is 0 Å². The number of amides is 2. The average Bonchev–Trinajstić information content (AvgIpc) is 2.54. The summed E-state index contributed by atoms with van der Waals surface area (Å²) in [6, 6.07) is 14.3. The number of rotatable bonds is 3. The van der Waals surface area contributed by atoms with E-state index in [0.717, 1.165) is 6.42 Å². The molecule has 2 aromatic carbocycles. The minimum absolute atomic E-state index is 0.0165. The molecule has 0 bridgehead atoms. The number of urea groups is 1. The van der Waals surface area contributed by atoms with Gasteiger partial charge in [-0.1, -0.05) is 42.5 Å². The van der Waals surface area contributed by atoms with Crippen molar-refractivity contribution >= 4 is 26.6 Å².